The molecule has 0 saturated carbocycles. The lowest BCUT2D eigenvalue weighted by atomic mass is 9.97. The number of piperidine rings is 1. The minimum atomic E-state index is -4.44. The van der Waals surface area contributed by atoms with Gasteiger partial charge in [0.1, 0.15) is 0 Å². The van der Waals surface area contributed by atoms with E-state index in [1.807, 2.05) is 44.2 Å². The molecule has 2 N–H and O–H groups in total. The number of likely N-dealkylation sites (tertiary alicyclic amines) is 1. The van der Waals surface area contributed by atoms with Crippen LogP contribution in [0.15, 0.2) is 54.6 Å². The number of hydrogen-bond acceptors (Lipinski definition) is 3. The van der Waals surface area contributed by atoms with Gasteiger partial charge in [-0.2, -0.15) is 13.2 Å². The molecule has 1 heterocycles. The van der Waals surface area contributed by atoms with Crippen molar-refractivity contribution in [2.45, 2.75) is 44.9 Å². The number of rotatable bonds is 5. The Hall–Kier alpha value is -2.87. The van der Waals surface area contributed by atoms with Crippen molar-refractivity contribution in [3.63, 3.8) is 0 Å². The summed E-state index contributed by atoms with van der Waals surface area (Å²) in [5.41, 5.74) is 6.36. The lowest BCUT2D eigenvalue weighted by Gasteiger charge is -2.40. The first kappa shape index (κ1) is 23.8. The number of halogens is 3. The minimum absolute atomic E-state index is 0.0185. The molecule has 0 aliphatic carbocycles. The molecule has 0 radical (unpaired) electrons. The Balaban J connectivity index is 1.72. The van der Waals surface area contributed by atoms with E-state index in [-0.39, 0.29) is 29.3 Å². The molecule has 1 unspecified atom stereocenters. The van der Waals surface area contributed by atoms with Crippen molar-refractivity contribution < 1.29 is 22.8 Å². The van der Waals surface area contributed by atoms with Crippen LogP contribution in [0.1, 0.15) is 42.6 Å². The summed E-state index contributed by atoms with van der Waals surface area (Å²) >= 11 is 0. The van der Waals surface area contributed by atoms with E-state index in [1.54, 1.807) is 9.80 Å². The van der Waals surface area contributed by atoms with Gasteiger partial charge in [-0.15, -0.1) is 0 Å². The summed E-state index contributed by atoms with van der Waals surface area (Å²) in [4.78, 5) is 29.3. The highest BCUT2D eigenvalue weighted by atomic mass is 19.4. The molecule has 0 spiro atoms. The van der Waals surface area contributed by atoms with E-state index in [4.69, 9.17) is 5.73 Å². The average molecular weight is 448 g/mol. The number of alkyl halides is 3. The second kappa shape index (κ2) is 9.73. The maximum absolute atomic E-state index is 13.2. The molecule has 1 atom stereocenters. The summed E-state index contributed by atoms with van der Waals surface area (Å²) in [6.45, 7) is 4.60. The zero-order valence-electron chi connectivity index (χ0n) is 18.2. The highest BCUT2D eigenvalue weighted by Gasteiger charge is 2.34. The second-order valence-corrected chi connectivity index (χ2v) is 8.41. The van der Waals surface area contributed by atoms with Gasteiger partial charge in [0, 0.05) is 30.4 Å². The molecule has 1 aliphatic heterocycles. The van der Waals surface area contributed by atoms with Crippen molar-refractivity contribution in [1.82, 2.24) is 4.90 Å². The summed E-state index contributed by atoms with van der Waals surface area (Å²) in [6, 6.07) is 12.8. The maximum atomic E-state index is 13.2. The first-order valence-corrected chi connectivity index (χ1v) is 10.7. The Morgan fingerprint density at radius 1 is 1.00 bits per heavy atom. The lowest BCUT2D eigenvalue weighted by Crippen LogP contribution is -2.54. The van der Waals surface area contributed by atoms with Crippen LogP contribution in [-0.2, 0) is 11.0 Å². The molecule has 3 rings (SSSR count). The molecule has 5 nitrogen and oxygen atoms in total. The molecule has 1 aliphatic rings. The third-order valence-electron chi connectivity index (χ3n) is 5.85. The second-order valence-electron chi connectivity index (χ2n) is 8.41. The molecule has 2 aromatic rings. The summed E-state index contributed by atoms with van der Waals surface area (Å²) in [5.74, 6) is -0.484. The molecule has 1 fully saturated rings. The predicted octanol–water partition coefficient (Wildman–Crippen LogP) is 4.33. The summed E-state index contributed by atoms with van der Waals surface area (Å²) in [5, 5.41) is 0. The summed E-state index contributed by atoms with van der Waals surface area (Å²) in [6.07, 6.45) is -3.33. The van der Waals surface area contributed by atoms with E-state index in [2.05, 4.69) is 0 Å². The van der Waals surface area contributed by atoms with Crippen LogP contribution < -0.4 is 10.6 Å². The Morgan fingerprint density at radius 2 is 1.56 bits per heavy atom. The molecular weight excluding hydrogens is 419 g/mol. The lowest BCUT2D eigenvalue weighted by molar-refractivity contribution is -0.137. The number of anilines is 1. The summed E-state index contributed by atoms with van der Waals surface area (Å²) < 4.78 is 38.3. The highest BCUT2D eigenvalue weighted by Crippen LogP contribution is 2.30. The Kier molecular flexibility index (Phi) is 7.23. The predicted molar refractivity (Wildman–Crippen MR) is 117 cm³/mol. The number of amides is 2. The first-order valence-electron chi connectivity index (χ1n) is 10.7. The van der Waals surface area contributed by atoms with Crippen molar-refractivity contribution in [3.05, 3.63) is 65.7 Å². The third-order valence-corrected chi connectivity index (χ3v) is 5.85. The number of hydrogen-bond donors (Lipinski definition) is 1. The Labute approximate surface area is 186 Å². The molecule has 172 valence electrons. The van der Waals surface area contributed by atoms with E-state index >= 15 is 0 Å². The van der Waals surface area contributed by atoms with E-state index in [1.165, 1.54) is 12.1 Å². The molecular formula is C24H28F3N3O2. The number of carbonyl (C=O) groups is 2. The number of nitrogens with two attached hydrogens (primary N) is 1. The minimum Gasteiger partial charge on any atom is -0.338 e. The van der Waals surface area contributed by atoms with Gasteiger partial charge in [0.2, 0.25) is 5.91 Å². The van der Waals surface area contributed by atoms with Gasteiger partial charge in [-0.25, -0.2) is 0 Å². The van der Waals surface area contributed by atoms with E-state index in [9.17, 15) is 22.8 Å². The Bertz CT molecular complexity index is 922. The van der Waals surface area contributed by atoms with E-state index < -0.39 is 17.8 Å². The van der Waals surface area contributed by atoms with Gasteiger partial charge in [0.15, 0.2) is 0 Å². The zero-order valence-corrected chi connectivity index (χ0v) is 18.2. The monoisotopic (exact) mass is 447 g/mol. The average Bonchev–Trinajstić information content (AvgIpc) is 2.79. The molecule has 2 amide bonds. The van der Waals surface area contributed by atoms with Crippen molar-refractivity contribution in [1.29, 1.82) is 0 Å². The Morgan fingerprint density at radius 3 is 2.06 bits per heavy atom. The standard InChI is InChI=1S/C24H28F3N3O2/c1-16(2)21(28)23(32)30(19-6-4-3-5-7-19)20-12-14-29(15-13-20)22(31)17-8-10-18(11-9-17)24(25,26)27/h3-11,16,20-21H,12-15,28H2,1-2H3. The van der Waals surface area contributed by atoms with Gasteiger partial charge in [0.25, 0.3) is 5.91 Å². The SMILES string of the molecule is CC(C)C(N)C(=O)N(c1ccccc1)C1CCN(C(=O)c2ccc(C(F)(F)F)cc2)CC1. The largest absolute Gasteiger partial charge is 0.416 e. The van der Waals surface area contributed by atoms with Crippen LogP contribution in [0, 0.1) is 5.92 Å². The van der Waals surface area contributed by atoms with E-state index in [0.717, 1.165) is 17.8 Å². The van der Waals surface area contributed by atoms with Crippen molar-refractivity contribution in [2.24, 2.45) is 11.7 Å². The fraction of sp³-hybridized carbons (Fsp3) is 0.417. The zero-order chi connectivity index (χ0) is 23.5. The van der Waals surface area contributed by atoms with Crippen LogP contribution in [0.3, 0.4) is 0 Å². The van der Waals surface area contributed by atoms with Crippen LogP contribution in [-0.4, -0.2) is 41.9 Å². The number of nitrogens with zero attached hydrogens (tertiary/aromatic N) is 2. The molecule has 32 heavy (non-hydrogen) atoms. The number of benzene rings is 2. The fourth-order valence-corrected chi connectivity index (χ4v) is 3.86. The van der Waals surface area contributed by atoms with Gasteiger partial charge in [-0.05, 0) is 55.2 Å². The molecule has 0 bridgehead atoms. The highest BCUT2D eigenvalue weighted by molar-refractivity contribution is 5.98. The van der Waals surface area contributed by atoms with Crippen LogP contribution in [0.4, 0.5) is 18.9 Å². The van der Waals surface area contributed by atoms with Crippen LogP contribution in [0.25, 0.3) is 0 Å². The van der Waals surface area contributed by atoms with Crippen molar-refractivity contribution in [3.8, 4) is 0 Å². The van der Waals surface area contributed by atoms with Crippen LogP contribution >= 0.6 is 0 Å². The van der Waals surface area contributed by atoms with Gasteiger partial charge >= 0.3 is 6.18 Å². The summed E-state index contributed by atoms with van der Waals surface area (Å²) in [7, 11) is 0. The van der Waals surface area contributed by atoms with Crippen LogP contribution in [0.5, 0.6) is 0 Å². The van der Waals surface area contributed by atoms with Crippen molar-refractivity contribution in [2.75, 3.05) is 18.0 Å². The smallest absolute Gasteiger partial charge is 0.338 e. The van der Waals surface area contributed by atoms with Gasteiger partial charge in [0.05, 0.1) is 11.6 Å². The molecule has 0 aromatic heterocycles. The molecule has 1 saturated heterocycles. The maximum Gasteiger partial charge on any atom is 0.416 e. The normalized spacial score (nSPS) is 16.2. The molecule has 2 aromatic carbocycles. The van der Waals surface area contributed by atoms with Crippen molar-refractivity contribution >= 4 is 17.5 Å². The topological polar surface area (TPSA) is 66.6 Å². The third kappa shape index (κ3) is 5.30. The molecule has 8 heteroatoms. The van der Waals surface area contributed by atoms with Gasteiger partial charge in [-0.1, -0.05) is 32.0 Å². The first-order chi connectivity index (χ1) is 15.1. The van der Waals surface area contributed by atoms with E-state index in [0.29, 0.717) is 25.9 Å². The quantitative estimate of drug-likeness (QED) is 0.742. The van der Waals surface area contributed by atoms with Crippen LogP contribution in [0.2, 0.25) is 0 Å². The number of carbonyl (C=O) groups excluding carboxylic acids is 2. The van der Waals surface area contributed by atoms with Gasteiger partial charge in [-0.3, -0.25) is 9.59 Å². The fourth-order valence-electron chi connectivity index (χ4n) is 3.86. The number of para-hydroxylation sites is 1. The van der Waals surface area contributed by atoms with Gasteiger partial charge < -0.3 is 15.5 Å².